The van der Waals surface area contributed by atoms with Crippen LogP contribution in [0, 0.1) is 5.92 Å². The fraction of sp³-hybridized carbons (Fsp3) is 0.562. The van der Waals surface area contributed by atoms with Crippen molar-refractivity contribution in [2.45, 2.75) is 13.0 Å². The molecule has 21 heavy (non-hydrogen) atoms. The second-order valence-electron chi connectivity index (χ2n) is 5.36. The molecule has 116 valence electrons. The van der Waals surface area contributed by atoms with Crippen molar-refractivity contribution < 1.29 is 9.47 Å². The summed E-state index contributed by atoms with van der Waals surface area (Å²) in [5.74, 6) is 2.39. The van der Waals surface area contributed by atoms with Crippen molar-refractivity contribution in [2.75, 3.05) is 41.0 Å². The zero-order chi connectivity index (χ0) is 15.1. The van der Waals surface area contributed by atoms with E-state index in [9.17, 15) is 0 Å². The molecule has 5 nitrogen and oxygen atoms in total. The van der Waals surface area contributed by atoms with Crippen LogP contribution < -0.4 is 10.1 Å². The first kappa shape index (κ1) is 15.6. The van der Waals surface area contributed by atoms with Crippen LogP contribution in [0.2, 0.25) is 0 Å². The molecule has 0 bridgehead atoms. The van der Waals surface area contributed by atoms with E-state index < -0.39 is 0 Å². The fourth-order valence-electron chi connectivity index (χ4n) is 2.55. The van der Waals surface area contributed by atoms with Crippen molar-refractivity contribution in [1.29, 1.82) is 0 Å². The first-order chi connectivity index (χ1) is 10.2. The van der Waals surface area contributed by atoms with Gasteiger partial charge in [-0.25, -0.2) is 0 Å². The minimum absolute atomic E-state index is 0.602. The summed E-state index contributed by atoms with van der Waals surface area (Å²) in [4.78, 5) is 6.51. The van der Waals surface area contributed by atoms with Crippen LogP contribution in [-0.4, -0.2) is 51.8 Å². The van der Waals surface area contributed by atoms with Crippen LogP contribution in [-0.2, 0) is 11.3 Å². The maximum atomic E-state index is 5.43. The van der Waals surface area contributed by atoms with Gasteiger partial charge in [0.2, 0.25) is 0 Å². The summed E-state index contributed by atoms with van der Waals surface area (Å²) < 4.78 is 10.7. The zero-order valence-corrected chi connectivity index (χ0v) is 13.1. The maximum Gasteiger partial charge on any atom is 0.193 e. The number of nitrogens with one attached hydrogen (secondary N) is 1. The molecular weight excluding hydrogens is 266 g/mol. The lowest BCUT2D eigenvalue weighted by Gasteiger charge is -2.24. The second kappa shape index (κ2) is 7.88. The van der Waals surface area contributed by atoms with E-state index in [-0.39, 0.29) is 0 Å². The van der Waals surface area contributed by atoms with Gasteiger partial charge in [-0.05, 0) is 24.1 Å². The van der Waals surface area contributed by atoms with Crippen molar-refractivity contribution >= 4 is 5.96 Å². The summed E-state index contributed by atoms with van der Waals surface area (Å²) in [6, 6.07) is 8.06. The number of methoxy groups -OCH3 is 1. The van der Waals surface area contributed by atoms with Crippen molar-refractivity contribution in [3.63, 3.8) is 0 Å². The Bertz CT molecular complexity index is 470. The van der Waals surface area contributed by atoms with Crippen molar-refractivity contribution in [2.24, 2.45) is 10.9 Å². The molecule has 0 radical (unpaired) electrons. The van der Waals surface area contributed by atoms with Gasteiger partial charge < -0.3 is 19.7 Å². The first-order valence-electron chi connectivity index (χ1n) is 7.35. The Morgan fingerprint density at radius 2 is 2.38 bits per heavy atom. The molecule has 0 saturated carbocycles. The number of rotatable bonds is 5. The van der Waals surface area contributed by atoms with Crippen LogP contribution >= 0.6 is 0 Å². The maximum absolute atomic E-state index is 5.43. The predicted molar refractivity (Wildman–Crippen MR) is 84.7 cm³/mol. The molecule has 1 unspecified atom stereocenters. The highest BCUT2D eigenvalue weighted by Gasteiger charge is 2.18. The summed E-state index contributed by atoms with van der Waals surface area (Å²) in [7, 11) is 5.57. The molecule has 1 atom stereocenters. The summed E-state index contributed by atoms with van der Waals surface area (Å²) in [5.41, 5.74) is 1.17. The van der Waals surface area contributed by atoms with Gasteiger partial charge in [-0.3, -0.25) is 4.99 Å². The average Bonchev–Trinajstić information content (AvgIpc) is 3.01. The quantitative estimate of drug-likeness (QED) is 0.663. The van der Waals surface area contributed by atoms with Crippen molar-refractivity contribution in [3.05, 3.63) is 29.8 Å². The lowest BCUT2D eigenvalue weighted by atomic mass is 10.1. The molecule has 0 amide bonds. The predicted octanol–water partition coefficient (Wildman–Crippen LogP) is 1.74. The van der Waals surface area contributed by atoms with E-state index in [0.717, 1.165) is 44.4 Å². The van der Waals surface area contributed by atoms with E-state index in [2.05, 4.69) is 28.3 Å². The first-order valence-corrected chi connectivity index (χ1v) is 7.35. The van der Waals surface area contributed by atoms with Gasteiger partial charge in [0.05, 0.1) is 13.7 Å². The van der Waals surface area contributed by atoms with Crippen LogP contribution in [0.15, 0.2) is 29.3 Å². The van der Waals surface area contributed by atoms with Gasteiger partial charge in [-0.1, -0.05) is 12.1 Å². The standard InChI is InChI=1S/C16H25N3O2/c1-17-16(19(2)11-14-7-8-21-12-14)18-10-13-5-4-6-15(9-13)20-3/h4-6,9,14H,7-8,10-12H2,1-3H3,(H,17,18). The van der Waals surface area contributed by atoms with E-state index >= 15 is 0 Å². The summed E-state index contributed by atoms with van der Waals surface area (Å²) in [6.45, 7) is 3.44. The number of guanidine groups is 1. The summed E-state index contributed by atoms with van der Waals surface area (Å²) in [6.07, 6.45) is 1.14. The minimum atomic E-state index is 0.602. The highest BCUT2D eigenvalue weighted by atomic mass is 16.5. The molecule has 1 saturated heterocycles. The highest BCUT2D eigenvalue weighted by molar-refractivity contribution is 5.79. The Balaban J connectivity index is 1.86. The SMILES string of the molecule is CN=C(NCc1cccc(OC)c1)N(C)CC1CCOC1. The third kappa shape index (κ3) is 4.63. The Hall–Kier alpha value is -1.75. The fourth-order valence-corrected chi connectivity index (χ4v) is 2.55. The molecule has 1 aliphatic rings. The van der Waals surface area contributed by atoms with Crippen LogP contribution in [0.3, 0.4) is 0 Å². The lowest BCUT2D eigenvalue weighted by molar-refractivity contribution is 0.181. The molecule has 1 fully saturated rings. The van der Waals surface area contributed by atoms with E-state index in [0.29, 0.717) is 5.92 Å². The lowest BCUT2D eigenvalue weighted by Crippen LogP contribution is -2.41. The molecule has 0 spiro atoms. The Morgan fingerprint density at radius 3 is 3.05 bits per heavy atom. The molecule has 1 N–H and O–H groups in total. The molecule has 1 aromatic carbocycles. The van der Waals surface area contributed by atoms with Gasteiger partial charge in [0.15, 0.2) is 5.96 Å². The number of aliphatic imine (C=N–C) groups is 1. The van der Waals surface area contributed by atoms with E-state index in [1.807, 2.05) is 25.2 Å². The van der Waals surface area contributed by atoms with Gasteiger partial charge >= 0.3 is 0 Å². The van der Waals surface area contributed by atoms with E-state index in [1.54, 1.807) is 7.11 Å². The number of hydrogen-bond acceptors (Lipinski definition) is 3. The zero-order valence-electron chi connectivity index (χ0n) is 13.1. The Labute approximate surface area is 127 Å². The molecule has 5 heteroatoms. The second-order valence-corrected chi connectivity index (χ2v) is 5.36. The Kier molecular flexibility index (Phi) is 5.87. The van der Waals surface area contributed by atoms with Gasteiger partial charge in [-0.2, -0.15) is 0 Å². The topological polar surface area (TPSA) is 46.1 Å². The van der Waals surface area contributed by atoms with Gasteiger partial charge in [0.25, 0.3) is 0 Å². The molecule has 1 aromatic rings. The largest absolute Gasteiger partial charge is 0.497 e. The van der Waals surface area contributed by atoms with Crippen LogP contribution in [0.1, 0.15) is 12.0 Å². The molecule has 0 aromatic heterocycles. The Morgan fingerprint density at radius 1 is 1.52 bits per heavy atom. The van der Waals surface area contributed by atoms with E-state index in [1.165, 1.54) is 5.56 Å². The smallest absolute Gasteiger partial charge is 0.193 e. The molecular formula is C16H25N3O2. The molecule has 2 rings (SSSR count). The van der Waals surface area contributed by atoms with Crippen LogP contribution in [0.4, 0.5) is 0 Å². The monoisotopic (exact) mass is 291 g/mol. The van der Waals surface area contributed by atoms with E-state index in [4.69, 9.17) is 9.47 Å². The third-order valence-electron chi connectivity index (χ3n) is 3.71. The average molecular weight is 291 g/mol. The molecule has 0 aliphatic carbocycles. The summed E-state index contributed by atoms with van der Waals surface area (Å²) in [5, 5.41) is 3.39. The van der Waals surface area contributed by atoms with Gasteiger partial charge in [0.1, 0.15) is 5.75 Å². The van der Waals surface area contributed by atoms with Gasteiger partial charge in [0, 0.05) is 39.7 Å². The van der Waals surface area contributed by atoms with Crippen molar-refractivity contribution in [1.82, 2.24) is 10.2 Å². The molecule has 1 aliphatic heterocycles. The minimum Gasteiger partial charge on any atom is -0.497 e. The van der Waals surface area contributed by atoms with Gasteiger partial charge in [-0.15, -0.1) is 0 Å². The normalized spacial score (nSPS) is 18.6. The van der Waals surface area contributed by atoms with Crippen LogP contribution in [0.5, 0.6) is 5.75 Å². The van der Waals surface area contributed by atoms with Crippen LogP contribution in [0.25, 0.3) is 0 Å². The number of benzene rings is 1. The number of hydrogen-bond donors (Lipinski definition) is 1. The number of ether oxygens (including phenoxy) is 2. The highest BCUT2D eigenvalue weighted by Crippen LogP contribution is 2.14. The van der Waals surface area contributed by atoms with Crippen molar-refractivity contribution in [3.8, 4) is 5.75 Å². The third-order valence-corrected chi connectivity index (χ3v) is 3.71. The summed E-state index contributed by atoms with van der Waals surface area (Å²) >= 11 is 0. The number of nitrogens with zero attached hydrogens (tertiary/aromatic N) is 2. The molecule has 1 heterocycles.